The molecule has 3 atom stereocenters. The number of benzene rings is 1. The van der Waals surface area contributed by atoms with Gasteiger partial charge in [-0.1, -0.05) is 39.3 Å². The van der Waals surface area contributed by atoms with Crippen LogP contribution in [0.4, 0.5) is 15.3 Å². The lowest BCUT2D eigenvalue weighted by Gasteiger charge is -2.25. The molecule has 1 unspecified atom stereocenters. The van der Waals surface area contributed by atoms with E-state index in [9.17, 15) is 33.6 Å². The highest BCUT2D eigenvalue weighted by molar-refractivity contribution is 6.12. The summed E-state index contributed by atoms with van der Waals surface area (Å²) in [5, 5.41) is 10.8. The summed E-state index contributed by atoms with van der Waals surface area (Å²) in [5.41, 5.74) is 6.35. The maximum absolute atomic E-state index is 13.4. The van der Waals surface area contributed by atoms with Gasteiger partial charge in [-0.2, -0.15) is 0 Å². The zero-order valence-electron chi connectivity index (χ0n) is 28.5. The van der Waals surface area contributed by atoms with E-state index < -0.39 is 29.9 Å². The third-order valence-corrected chi connectivity index (χ3v) is 8.32. The zero-order valence-corrected chi connectivity index (χ0v) is 28.5. The number of ether oxygens (including phenoxy) is 1. The molecule has 49 heavy (non-hydrogen) atoms. The Labute approximate surface area is 286 Å². The molecule has 0 spiro atoms. The lowest BCUT2D eigenvalue weighted by Crippen LogP contribution is -2.54. The lowest BCUT2D eigenvalue weighted by molar-refractivity contribution is -0.137. The highest BCUT2D eigenvalue weighted by Crippen LogP contribution is 2.17. The van der Waals surface area contributed by atoms with Crippen LogP contribution in [-0.4, -0.2) is 89.7 Å². The van der Waals surface area contributed by atoms with E-state index in [0.717, 1.165) is 16.9 Å². The van der Waals surface area contributed by atoms with Crippen molar-refractivity contribution < 1.29 is 38.3 Å². The van der Waals surface area contributed by atoms with Gasteiger partial charge in [-0.15, -0.1) is 0 Å². The van der Waals surface area contributed by atoms with Gasteiger partial charge in [-0.3, -0.25) is 28.9 Å². The number of nitrogens with zero attached hydrogens (tertiary/aromatic N) is 2. The summed E-state index contributed by atoms with van der Waals surface area (Å²) in [5.74, 6) is -1.89. The summed E-state index contributed by atoms with van der Waals surface area (Å²) >= 11 is 0. The second-order valence-electron chi connectivity index (χ2n) is 12.8. The monoisotopic (exact) mass is 683 g/mol. The van der Waals surface area contributed by atoms with Crippen LogP contribution in [-0.2, 0) is 35.3 Å². The van der Waals surface area contributed by atoms with Crippen LogP contribution >= 0.6 is 0 Å². The molecule has 0 radical (unpaired) electrons. The molecule has 1 saturated heterocycles. The third kappa shape index (κ3) is 12.9. The Bertz CT molecular complexity index is 1360. The first-order valence-electron chi connectivity index (χ1n) is 16.8. The Balaban J connectivity index is 1.51. The van der Waals surface area contributed by atoms with Gasteiger partial charge in [0.15, 0.2) is 0 Å². The number of hydrogen-bond acceptors (Lipinski definition) is 8. The minimum absolute atomic E-state index is 0.0874. The minimum Gasteiger partial charge on any atom is -0.445 e. The largest absolute Gasteiger partial charge is 0.445 e. The van der Waals surface area contributed by atoms with Crippen LogP contribution in [0, 0.1) is 11.8 Å². The molecule has 15 heteroatoms. The SMILES string of the molecule is CC1CCN(C(=O)OCc2ccc(NC(=O)[C@H](CCCNC(N)=O)NC(=O)[C@@H](NC(=O)CCCCCN3C(=O)C=CC3=O)C(C)C)cc2)C1. The van der Waals surface area contributed by atoms with E-state index in [1.54, 1.807) is 43.0 Å². The molecule has 0 aromatic heterocycles. The minimum atomic E-state index is -0.991. The number of carbonyl (C=O) groups excluding carboxylic acids is 7. The molecule has 0 bridgehead atoms. The van der Waals surface area contributed by atoms with Crippen molar-refractivity contribution in [3.63, 3.8) is 0 Å². The summed E-state index contributed by atoms with van der Waals surface area (Å²) in [7, 11) is 0. The Morgan fingerprint density at radius 1 is 0.939 bits per heavy atom. The molecule has 0 aliphatic carbocycles. The highest BCUT2D eigenvalue weighted by atomic mass is 16.6. The fourth-order valence-corrected chi connectivity index (χ4v) is 5.46. The normalized spacial score (nSPS) is 16.8. The van der Waals surface area contributed by atoms with Crippen molar-refractivity contribution in [3.05, 3.63) is 42.0 Å². The molecular formula is C34H49N7O8. The fourth-order valence-electron chi connectivity index (χ4n) is 5.46. The fraction of sp³-hybridized carbons (Fsp3) is 0.559. The van der Waals surface area contributed by atoms with Gasteiger partial charge in [0.1, 0.15) is 18.7 Å². The van der Waals surface area contributed by atoms with Gasteiger partial charge in [0.2, 0.25) is 17.7 Å². The van der Waals surface area contributed by atoms with E-state index in [1.165, 1.54) is 12.2 Å². The summed E-state index contributed by atoms with van der Waals surface area (Å²) in [6.45, 7) is 7.56. The Hall–Kier alpha value is -4.95. The highest BCUT2D eigenvalue weighted by Gasteiger charge is 2.29. The molecule has 0 saturated carbocycles. The van der Waals surface area contributed by atoms with E-state index in [-0.39, 0.29) is 62.3 Å². The molecule has 3 rings (SSSR count). The number of imide groups is 1. The molecule has 1 fully saturated rings. The molecular weight excluding hydrogens is 634 g/mol. The molecule has 1 aromatic rings. The van der Waals surface area contributed by atoms with Crippen molar-refractivity contribution in [1.29, 1.82) is 0 Å². The number of amides is 8. The maximum atomic E-state index is 13.4. The molecule has 268 valence electrons. The van der Waals surface area contributed by atoms with Crippen molar-refractivity contribution in [2.45, 2.75) is 84.4 Å². The number of primary amides is 1. The summed E-state index contributed by atoms with van der Waals surface area (Å²) in [4.78, 5) is 89.1. The third-order valence-electron chi connectivity index (χ3n) is 8.32. The van der Waals surface area contributed by atoms with E-state index in [2.05, 4.69) is 28.2 Å². The van der Waals surface area contributed by atoms with E-state index >= 15 is 0 Å². The van der Waals surface area contributed by atoms with Crippen molar-refractivity contribution in [2.75, 3.05) is 31.5 Å². The quantitative estimate of drug-likeness (QED) is 0.114. The Kier molecular flexibility index (Phi) is 15.0. The van der Waals surface area contributed by atoms with Crippen LogP contribution in [0.1, 0.15) is 71.3 Å². The van der Waals surface area contributed by atoms with Crippen LogP contribution in [0.3, 0.4) is 0 Å². The second kappa shape index (κ2) is 19.1. The second-order valence-corrected chi connectivity index (χ2v) is 12.8. The number of nitrogens with two attached hydrogens (primary N) is 1. The topological polar surface area (TPSA) is 209 Å². The zero-order chi connectivity index (χ0) is 35.9. The number of urea groups is 1. The molecule has 15 nitrogen and oxygen atoms in total. The maximum Gasteiger partial charge on any atom is 0.410 e. The number of nitrogens with one attached hydrogen (secondary N) is 4. The molecule has 1 aromatic carbocycles. The number of anilines is 1. The lowest BCUT2D eigenvalue weighted by atomic mass is 10.0. The summed E-state index contributed by atoms with van der Waals surface area (Å²) in [6.07, 6.45) is 5.38. The predicted molar refractivity (Wildman–Crippen MR) is 180 cm³/mol. The van der Waals surface area contributed by atoms with Gasteiger partial charge in [-0.05, 0) is 61.6 Å². The van der Waals surface area contributed by atoms with E-state index in [0.29, 0.717) is 50.4 Å². The van der Waals surface area contributed by atoms with Crippen LogP contribution in [0.5, 0.6) is 0 Å². The van der Waals surface area contributed by atoms with Crippen LogP contribution in [0.25, 0.3) is 0 Å². The molecule has 2 aliphatic rings. The Morgan fingerprint density at radius 2 is 1.63 bits per heavy atom. The van der Waals surface area contributed by atoms with Gasteiger partial charge in [0, 0.05) is 50.4 Å². The van der Waals surface area contributed by atoms with Gasteiger partial charge >= 0.3 is 12.1 Å². The predicted octanol–water partition coefficient (Wildman–Crippen LogP) is 2.16. The number of likely N-dealkylation sites (tertiary alicyclic amines) is 1. The summed E-state index contributed by atoms with van der Waals surface area (Å²) < 4.78 is 5.42. The molecule has 2 aliphatic heterocycles. The van der Waals surface area contributed by atoms with Gasteiger partial charge < -0.3 is 36.6 Å². The van der Waals surface area contributed by atoms with E-state index in [1.807, 2.05) is 0 Å². The first-order valence-corrected chi connectivity index (χ1v) is 16.8. The molecule has 8 amide bonds. The number of unbranched alkanes of at least 4 members (excludes halogenated alkanes) is 2. The Morgan fingerprint density at radius 3 is 2.24 bits per heavy atom. The number of hydrogen-bond donors (Lipinski definition) is 5. The van der Waals surface area contributed by atoms with Crippen molar-refractivity contribution in [1.82, 2.24) is 25.8 Å². The van der Waals surface area contributed by atoms with Crippen molar-refractivity contribution in [3.8, 4) is 0 Å². The standard InChI is InChI=1S/C34H49N7O8/c1-22(2)30(39-27(42)9-5-4-6-18-41-28(43)14-15-29(41)44)32(46)38-26(8-7-17-36-33(35)47)31(45)37-25-12-10-24(11-13-25)21-49-34(48)40-19-16-23(3)20-40/h10-15,22-23,26,30H,4-9,16-21H2,1-3H3,(H,37,45)(H,38,46)(H,39,42)(H3,35,36,47)/t23?,26-,30-/m0/s1. The van der Waals surface area contributed by atoms with Gasteiger partial charge in [0.05, 0.1) is 0 Å². The van der Waals surface area contributed by atoms with Gasteiger partial charge in [-0.25, -0.2) is 9.59 Å². The molecule has 6 N–H and O–H groups in total. The number of carbonyl (C=O) groups is 7. The average molecular weight is 684 g/mol. The van der Waals surface area contributed by atoms with Crippen LogP contribution in [0.2, 0.25) is 0 Å². The van der Waals surface area contributed by atoms with Crippen molar-refractivity contribution >= 4 is 47.3 Å². The summed E-state index contributed by atoms with van der Waals surface area (Å²) in [6, 6.07) is 4.18. The number of rotatable bonds is 18. The molecule has 2 heterocycles. The van der Waals surface area contributed by atoms with Crippen LogP contribution < -0.4 is 27.0 Å². The van der Waals surface area contributed by atoms with Gasteiger partial charge in [0.25, 0.3) is 11.8 Å². The van der Waals surface area contributed by atoms with Crippen LogP contribution in [0.15, 0.2) is 36.4 Å². The first kappa shape index (κ1) is 38.5. The van der Waals surface area contributed by atoms with Crippen molar-refractivity contribution in [2.24, 2.45) is 17.6 Å². The first-order chi connectivity index (χ1) is 23.3. The smallest absolute Gasteiger partial charge is 0.410 e. The van der Waals surface area contributed by atoms with E-state index in [4.69, 9.17) is 10.5 Å². The average Bonchev–Trinajstić information content (AvgIpc) is 3.64.